The van der Waals surface area contributed by atoms with Crippen LogP contribution in [-0.2, 0) is 16.1 Å². The Morgan fingerprint density at radius 1 is 1.00 bits per heavy atom. The second-order valence-corrected chi connectivity index (χ2v) is 10.5. The predicted octanol–water partition coefficient (Wildman–Crippen LogP) is 2.21. The van der Waals surface area contributed by atoms with E-state index in [0.717, 1.165) is 36.4 Å². The molecule has 182 valence electrons. The molecule has 3 unspecified atom stereocenters. The number of nitrogens with zero attached hydrogens (tertiary/aromatic N) is 2. The fourth-order valence-corrected chi connectivity index (χ4v) is 6.41. The molecule has 8 nitrogen and oxygen atoms in total. The molecule has 3 atom stereocenters. The van der Waals surface area contributed by atoms with Crippen LogP contribution in [-0.4, -0.2) is 58.6 Å². The van der Waals surface area contributed by atoms with Gasteiger partial charge in [-0.2, -0.15) is 0 Å². The van der Waals surface area contributed by atoms with E-state index in [1.807, 2.05) is 12.1 Å². The standard InChI is InChI=1S/C26H34N4O4/c27-20(17-6-1-2-7-17)13-16-5-4-12-29(14-16)15-18-8-3-9-19-23(18)26(34)30(25(19)33)21-10-11-22(31)28-24(21)32/h3,8-9,16-17,20-21H,1-2,4-7,10-15,27H2,(H,28,31,32). The number of fused-ring (bicyclic) bond motifs is 1. The molecule has 4 aliphatic rings. The number of imide groups is 2. The summed E-state index contributed by atoms with van der Waals surface area (Å²) in [7, 11) is 0. The number of carbonyl (C=O) groups excluding carboxylic acids is 4. The average molecular weight is 467 g/mol. The fraction of sp³-hybridized carbons (Fsp3) is 0.615. The minimum absolute atomic E-state index is 0.120. The van der Waals surface area contributed by atoms with Crippen LogP contribution in [0.15, 0.2) is 18.2 Å². The number of hydrogen-bond acceptors (Lipinski definition) is 6. The van der Waals surface area contributed by atoms with E-state index in [1.165, 1.54) is 32.1 Å². The summed E-state index contributed by atoms with van der Waals surface area (Å²) in [5, 5.41) is 2.25. The van der Waals surface area contributed by atoms with Gasteiger partial charge in [-0.1, -0.05) is 25.0 Å². The second-order valence-electron chi connectivity index (χ2n) is 10.5. The lowest BCUT2D eigenvalue weighted by Crippen LogP contribution is -2.54. The van der Waals surface area contributed by atoms with Gasteiger partial charge in [0.15, 0.2) is 0 Å². The number of rotatable bonds is 6. The summed E-state index contributed by atoms with van der Waals surface area (Å²) in [5.74, 6) is -0.610. The Morgan fingerprint density at radius 3 is 2.56 bits per heavy atom. The summed E-state index contributed by atoms with van der Waals surface area (Å²) in [6.45, 7) is 2.50. The molecule has 1 aliphatic carbocycles. The van der Waals surface area contributed by atoms with Crippen LogP contribution in [0, 0.1) is 11.8 Å². The van der Waals surface area contributed by atoms with Crippen molar-refractivity contribution in [3.8, 4) is 0 Å². The van der Waals surface area contributed by atoms with E-state index in [4.69, 9.17) is 5.73 Å². The number of benzene rings is 1. The Kier molecular flexibility index (Phi) is 6.53. The maximum atomic E-state index is 13.4. The van der Waals surface area contributed by atoms with Crippen molar-refractivity contribution in [1.82, 2.24) is 15.1 Å². The minimum Gasteiger partial charge on any atom is -0.327 e. The molecule has 5 rings (SSSR count). The quantitative estimate of drug-likeness (QED) is 0.622. The third kappa shape index (κ3) is 4.41. The smallest absolute Gasteiger partial charge is 0.262 e. The molecule has 3 aliphatic heterocycles. The Bertz CT molecular complexity index is 1000. The second kappa shape index (κ2) is 9.58. The van der Waals surface area contributed by atoms with Crippen LogP contribution in [0.1, 0.15) is 84.1 Å². The number of piperidine rings is 2. The first-order chi connectivity index (χ1) is 16.4. The molecule has 1 saturated carbocycles. The maximum absolute atomic E-state index is 13.4. The summed E-state index contributed by atoms with van der Waals surface area (Å²) in [6.07, 6.45) is 8.75. The van der Waals surface area contributed by atoms with Crippen LogP contribution in [0.3, 0.4) is 0 Å². The highest BCUT2D eigenvalue weighted by Crippen LogP contribution is 2.33. The van der Waals surface area contributed by atoms with Gasteiger partial charge in [0.1, 0.15) is 6.04 Å². The summed E-state index contributed by atoms with van der Waals surface area (Å²) < 4.78 is 0. The van der Waals surface area contributed by atoms with Crippen LogP contribution in [0.4, 0.5) is 0 Å². The molecule has 34 heavy (non-hydrogen) atoms. The molecule has 8 heteroatoms. The molecule has 0 spiro atoms. The predicted molar refractivity (Wildman–Crippen MR) is 126 cm³/mol. The molecule has 4 amide bonds. The fourth-order valence-electron chi connectivity index (χ4n) is 6.41. The molecule has 3 fully saturated rings. The van der Waals surface area contributed by atoms with Gasteiger partial charge in [-0.05, 0) is 68.5 Å². The van der Waals surface area contributed by atoms with Crippen molar-refractivity contribution in [2.45, 2.75) is 76.4 Å². The normalized spacial score (nSPS) is 27.3. The van der Waals surface area contributed by atoms with Crippen LogP contribution in [0.25, 0.3) is 0 Å². The van der Waals surface area contributed by atoms with Crippen molar-refractivity contribution in [2.24, 2.45) is 17.6 Å². The molecule has 3 N–H and O–H groups in total. The van der Waals surface area contributed by atoms with Gasteiger partial charge >= 0.3 is 0 Å². The van der Waals surface area contributed by atoms with Crippen LogP contribution in [0.5, 0.6) is 0 Å². The van der Waals surface area contributed by atoms with Crippen LogP contribution < -0.4 is 11.1 Å². The monoisotopic (exact) mass is 466 g/mol. The largest absolute Gasteiger partial charge is 0.327 e. The molecule has 1 aromatic rings. The van der Waals surface area contributed by atoms with E-state index >= 15 is 0 Å². The lowest BCUT2D eigenvalue weighted by atomic mass is 9.85. The van der Waals surface area contributed by atoms with Crippen LogP contribution >= 0.6 is 0 Å². The molecule has 1 aromatic carbocycles. The summed E-state index contributed by atoms with van der Waals surface area (Å²) in [6, 6.07) is 4.71. The first kappa shape index (κ1) is 23.2. The van der Waals surface area contributed by atoms with Crippen molar-refractivity contribution in [2.75, 3.05) is 13.1 Å². The van der Waals surface area contributed by atoms with E-state index < -0.39 is 23.8 Å². The number of nitrogens with two attached hydrogens (primary N) is 1. The van der Waals surface area contributed by atoms with E-state index in [-0.39, 0.29) is 24.8 Å². The van der Waals surface area contributed by atoms with Gasteiger partial charge in [0.25, 0.3) is 11.8 Å². The zero-order valence-electron chi connectivity index (χ0n) is 19.6. The lowest BCUT2D eigenvalue weighted by molar-refractivity contribution is -0.136. The number of amides is 4. The van der Waals surface area contributed by atoms with E-state index in [1.54, 1.807) is 6.07 Å². The van der Waals surface area contributed by atoms with Crippen molar-refractivity contribution < 1.29 is 19.2 Å². The molecular weight excluding hydrogens is 432 g/mol. The summed E-state index contributed by atoms with van der Waals surface area (Å²) in [4.78, 5) is 53.8. The van der Waals surface area contributed by atoms with E-state index in [9.17, 15) is 19.2 Å². The van der Waals surface area contributed by atoms with Crippen molar-refractivity contribution in [1.29, 1.82) is 0 Å². The van der Waals surface area contributed by atoms with E-state index in [0.29, 0.717) is 29.5 Å². The first-order valence-corrected chi connectivity index (χ1v) is 12.7. The van der Waals surface area contributed by atoms with Crippen molar-refractivity contribution >= 4 is 23.6 Å². The average Bonchev–Trinajstić information content (AvgIpc) is 3.43. The third-order valence-electron chi connectivity index (χ3n) is 8.16. The van der Waals surface area contributed by atoms with Gasteiger partial charge in [-0.15, -0.1) is 0 Å². The van der Waals surface area contributed by atoms with Gasteiger partial charge in [-0.25, -0.2) is 0 Å². The highest BCUT2D eigenvalue weighted by Gasteiger charge is 2.45. The van der Waals surface area contributed by atoms with Gasteiger partial charge in [0, 0.05) is 25.6 Å². The van der Waals surface area contributed by atoms with E-state index in [2.05, 4.69) is 10.2 Å². The zero-order chi connectivity index (χ0) is 23.8. The Morgan fingerprint density at radius 2 is 1.79 bits per heavy atom. The zero-order valence-corrected chi connectivity index (χ0v) is 19.6. The van der Waals surface area contributed by atoms with Gasteiger partial charge in [0.2, 0.25) is 11.8 Å². The van der Waals surface area contributed by atoms with Gasteiger partial charge in [0.05, 0.1) is 11.1 Å². The minimum atomic E-state index is -0.936. The molecular formula is C26H34N4O4. The van der Waals surface area contributed by atoms with Crippen molar-refractivity contribution in [3.63, 3.8) is 0 Å². The van der Waals surface area contributed by atoms with Gasteiger partial charge < -0.3 is 5.73 Å². The lowest BCUT2D eigenvalue weighted by Gasteiger charge is -2.35. The highest BCUT2D eigenvalue weighted by molar-refractivity contribution is 6.24. The molecule has 3 heterocycles. The summed E-state index contributed by atoms with van der Waals surface area (Å²) >= 11 is 0. The SMILES string of the molecule is NC(CC1CCCN(Cc2cccc3c2C(=O)N(C2CCC(=O)NC2=O)C3=O)C1)C1CCCC1. The molecule has 0 radical (unpaired) electrons. The summed E-state index contributed by atoms with van der Waals surface area (Å²) in [5.41, 5.74) is 8.14. The van der Waals surface area contributed by atoms with Gasteiger partial charge in [-0.3, -0.25) is 34.3 Å². The molecule has 0 bridgehead atoms. The maximum Gasteiger partial charge on any atom is 0.262 e. The Balaban J connectivity index is 1.28. The molecule has 2 saturated heterocycles. The van der Waals surface area contributed by atoms with Crippen LogP contribution in [0.2, 0.25) is 0 Å². The number of nitrogens with one attached hydrogen (secondary N) is 1. The first-order valence-electron chi connectivity index (χ1n) is 12.7. The Labute approximate surface area is 200 Å². The Hall–Kier alpha value is -2.58. The number of likely N-dealkylation sites (tertiary alicyclic amines) is 1. The number of hydrogen-bond donors (Lipinski definition) is 2. The van der Waals surface area contributed by atoms with Crippen molar-refractivity contribution in [3.05, 3.63) is 34.9 Å². The number of carbonyl (C=O) groups is 4. The third-order valence-corrected chi connectivity index (χ3v) is 8.16. The molecule has 0 aromatic heterocycles. The highest BCUT2D eigenvalue weighted by atomic mass is 16.2. The topological polar surface area (TPSA) is 113 Å².